The van der Waals surface area contributed by atoms with Gasteiger partial charge in [0.05, 0.1) is 12.4 Å². The van der Waals surface area contributed by atoms with Gasteiger partial charge in [0.2, 0.25) is 5.91 Å². The zero-order valence-corrected chi connectivity index (χ0v) is 16.1. The fraction of sp³-hybridized carbons (Fsp3) is 0.0870. The number of nitrogens with one attached hydrogen (secondary N) is 1. The lowest BCUT2D eigenvalue weighted by molar-refractivity contribution is -0.114. The van der Waals surface area contributed by atoms with Gasteiger partial charge in [0.25, 0.3) is 0 Å². The van der Waals surface area contributed by atoms with Gasteiger partial charge in [-0.25, -0.2) is 4.98 Å². The zero-order valence-electron chi connectivity index (χ0n) is 16.1. The standard InChI is InChI=1S/C23H19N5O/c1-15-11-19(7-9-24-15)17-3-5-18(6-4-17)22-12-21(20-8-10-26-27-14-20)13-25-23(22)28-16(2)29/h3-14H,1-2H3,(H,25,28,29). The van der Waals surface area contributed by atoms with Crippen LogP contribution in [0.3, 0.4) is 0 Å². The highest BCUT2D eigenvalue weighted by atomic mass is 16.1. The molecule has 142 valence electrons. The number of hydrogen-bond acceptors (Lipinski definition) is 5. The van der Waals surface area contributed by atoms with E-state index in [2.05, 4.69) is 43.7 Å². The van der Waals surface area contributed by atoms with Crippen molar-refractivity contribution in [3.05, 3.63) is 79.0 Å². The van der Waals surface area contributed by atoms with E-state index < -0.39 is 0 Å². The number of aryl methyl sites for hydroxylation is 1. The smallest absolute Gasteiger partial charge is 0.222 e. The van der Waals surface area contributed by atoms with Gasteiger partial charge in [-0.2, -0.15) is 10.2 Å². The van der Waals surface area contributed by atoms with Crippen molar-refractivity contribution in [2.24, 2.45) is 0 Å². The van der Waals surface area contributed by atoms with E-state index in [1.54, 1.807) is 18.6 Å². The van der Waals surface area contributed by atoms with Gasteiger partial charge in [-0.15, -0.1) is 0 Å². The Labute approximate surface area is 168 Å². The first-order valence-corrected chi connectivity index (χ1v) is 9.18. The Morgan fingerprint density at radius 3 is 2.21 bits per heavy atom. The molecule has 0 saturated heterocycles. The number of aromatic nitrogens is 4. The first-order chi connectivity index (χ1) is 14.1. The van der Waals surface area contributed by atoms with Crippen LogP contribution in [0, 0.1) is 6.92 Å². The number of carbonyl (C=O) groups excluding carboxylic acids is 1. The molecule has 3 aromatic heterocycles. The molecule has 6 nitrogen and oxygen atoms in total. The lowest BCUT2D eigenvalue weighted by atomic mass is 9.99. The second-order valence-electron chi connectivity index (χ2n) is 6.70. The minimum Gasteiger partial charge on any atom is -0.310 e. The molecule has 1 aromatic carbocycles. The number of rotatable bonds is 4. The van der Waals surface area contributed by atoms with Crippen molar-refractivity contribution in [3.63, 3.8) is 0 Å². The van der Waals surface area contributed by atoms with Crippen LogP contribution in [0.2, 0.25) is 0 Å². The minimum atomic E-state index is -0.166. The van der Waals surface area contributed by atoms with Gasteiger partial charge in [0.1, 0.15) is 5.82 Å². The Hall–Kier alpha value is -3.93. The summed E-state index contributed by atoms with van der Waals surface area (Å²) in [6, 6.07) is 16.1. The second kappa shape index (κ2) is 7.98. The summed E-state index contributed by atoms with van der Waals surface area (Å²) in [6.07, 6.45) is 6.86. The molecule has 0 aliphatic rings. The summed E-state index contributed by atoms with van der Waals surface area (Å²) in [6.45, 7) is 3.45. The Morgan fingerprint density at radius 1 is 0.759 bits per heavy atom. The number of hydrogen-bond donors (Lipinski definition) is 1. The van der Waals surface area contributed by atoms with Crippen LogP contribution in [0.4, 0.5) is 5.82 Å². The predicted molar refractivity (Wildman–Crippen MR) is 113 cm³/mol. The number of benzene rings is 1. The Balaban J connectivity index is 1.76. The van der Waals surface area contributed by atoms with E-state index in [-0.39, 0.29) is 5.91 Å². The fourth-order valence-corrected chi connectivity index (χ4v) is 3.14. The van der Waals surface area contributed by atoms with Crippen LogP contribution in [0.5, 0.6) is 0 Å². The van der Waals surface area contributed by atoms with Crippen molar-refractivity contribution in [2.75, 3.05) is 5.32 Å². The van der Waals surface area contributed by atoms with Crippen LogP contribution >= 0.6 is 0 Å². The largest absolute Gasteiger partial charge is 0.310 e. The zero-order chi connectivity index (χ0) is 20.2. The molecule has 4 aromatic rings. The highest BCUT2D eigenvalue weighted by Crippen LogP contribution is 2.32. The molecule has 0 aliphatic heterocycles. The molecule has 0 radical (unpaired) electrons. The second-order valence-corrected chi connectivity index (χ2v) is 6.70. The van der Waals surface area contributed by atoms with E-state index in [1.807, 2.05) is 43.5 Å². The summed E-state index contributed by atoms with van der Waals surface area (Å²) in [5.41, 5.74) is 6.79. The fourth-order valence-electron chi connectivity index (χ4n) is 3.14. The molecule has 0 aliphatic carbocycles. The molecule has 0 bridgehead atoms. The molecule has 1 N–H and O–H groups in total. The van der Waals surface area contributed by atoms with Gasteiger partial charge in [-0.05, 0) is 47.9 Å². The lowest BCUT2D eigenvalue weighted by Crippen LogP contribution is -2.08. The van der Waals surface area contributed by atoms with Crippen LogP contribution in [0.1, 0.15) is 12.6 Å². The summed E-state index contributed by atoms with van der Waals surface area (Å²) >= 11 is 0. The topological polar surface area (TPSA) is 80.7 Å². The monoisotopic (exact) mass is 381 g/mol. The summed E-state index contributed by atoms with van der Waals surface area (Å²) < 4.78 is 0. The minimum absolute atomic E-state index is 0.166. The highest BCUT2D eigenvalue weighted by Gasteiger charge is 2.11. The van der Waals surface area contributed by atoms with Gasteiger partial charge >= 0.3 is 0 Å². The van der Waals surface area contributed by atoms with Crippen molar-refractivity contribution in [1.82, 2.24) is 20.2 Å². The van der Waals surface area contributed by atoms with E-state index in [1.165, 1.54) is 6.92 Å². The number of nitrogens with zero attached hydrogens (tertiary/aromatic N) is 4. The number of anilines is 1. The summed E-state index contributed by atoms with van der Waals surface area (Å²) in [7, 11) is 0. The molecule has 29 heavy (non-hydrogen) atoms. The van der Waals surface area contributed by atoms with Gasteiger partial charge in [-0.3, -0.25) is 9.78 Å². The molecule has 0 fully saturated rings. The Bertz CT molecular complexity index is 1160. The van der Waals surface area contributed by atoms with Crippen molar-refractivity contribution >= 4 is 11.7 Å². The quantitative estimate of drug-likeness (QED) is 0.561. The van der Waals surface area contributed by atoms with Crippen molar-refractivity contribution in [3.8, 4) is 33.4 Å². The molecular weight excluding hydrogens is 362 g/mol. The normalized spacial score (nSPS) is 10.6. The average molecular weight is 381 g/mol. The van der Waals surface area contributed by atoms with Gasteiger partial charge < -0.3 is 5.32 Å². The highest BCUT2D eigenvalue weighted by molar-refractivity contribution is 5.93. The third-order valence-electron chi connectivity index (χ3n) is 4.53. The maximum absolute atomic E-state index is 11.6. The maximum atomic E-state index is 11.6. The number of amides is 1. The molecular formula is C23H19N5O. The maximum Gasteiger partial charge on any atom is 0.222 e. The van der Waals surface area contributed by atoms with Crippen molar-refractivity contribution < 1.29 is 4.79 Å². The molecule has 6 heteroatoms. The third kappa shape index (κ3) is 4.16. The molecule has 0 spiro atoms. The first kappa shape index (κ1) is 18.4. The van der Waals surface area contributed by atoms with Crippen LogP contribution in [0.15, 0.2) is 73.3 Å². The van der Waals surface area contributed by atoms with E-state index in [4.69, 9.17) is 0 Å². The molecule has 0 atom stereocenters. The predicted octanol–water partition coefficient (Wildman–Crippen LogP) is 4.53. The molecule has 0 saturated carbocycles. The van der Waals surface area contributed by atoms with E-state index in [0.717, 1.165) is 39.1 Å². The lowest BCUT2D eigenvalue weighted by Gasteiger charge is -2.12. The number of pyridine rings is 2. The van der Waals surface area contributed by atoms with Gasteiger partial charge in [-0.1, -0.05) is 24.3 Å². The van der Waals surface area contributed by atoms with Crippen molar-refractivity contribution in [2.45, 2.75) is 13.8 Å². The molecule has 3 heterocycles. The molecule has 0 unspecified atom stereocenters. The third-order valence-corrected chi connectivity index (χ3v) is 4.53. The Morgan fingerprint density at radius 2 is 1.52 bits per heavy atom. The summed E-state index contributed by atoms with van der Waals surface area (Å²) in [5.74, 6) is 0.358. The van der Waals surface area contributed by atoms with E-state index in [9.17, 15) is 4.79 Å². The van der Waals surface area contributed by atoms with Crippen LogP contribution in [-0.2, 0) is 4.79 Å². The average Bonchev–Trinajstić information content (AvgIpc) is 2.74. The van der Waals surface area contributed by atoms with Crippen LogP contribution in [0.25, 0.3) is 33.4 Å². The van der Waals surface area contributed by atoms with Crippen LogP contribution in [-0.4, -0.2) is 26.1 Å². The summed E-state index contributed by atoms with van der Waals surface area (Å²) in [5, 5.41) is 10.6. The SMILES string of the molecule is CC(=O)Nc1ncc(-c2ccnnc2)cc1-c1ccc(-c2ccnc(C)c2)cc1. The van der Waals surface area contributed by atoms with Gasteiger partial charge in [0.15, 0.2) is 0 Å². The number of carbonyl (C=O) groups is 1. The molecule has 1 amide bonds. The Kier molecular flexibility index (Phi) is 5.07. The van der Waals surface area contributed by atoms with E-state index in [0.29, 0.717) is 5.82 Å². The van der Waals surface area contributed by atoms with Crippen LogP contribution < -0.4 is 5.32 Å². The van der Waals surface area contributed by atoms with Crippen molar-refractivity contribution in [1.29, 1.82) is 0 Å². The first-order valence-electron chi connectivity index (χ1n) is 9.18. The van der Waals surface area contributed by atoms with E-state index >= 15 is 0 Å². The molecule has 4 rings (SSSR count). The summed E-state index contributed by atoms with van der Waals surface area (Å²) in [4.78, 5) is 20.4. The van der Waals surface area contributed by atoms with Gasteiger partial charge in [0, 0.05) is 41.7 Å².